The van der Waals surface area contributed by atoms with Gasteiger partial charge in [-0.25, -0.2) is 17.2 Å². The van der Waals surface area contributed by atoms with E-state index < -0.39 is 27.3 Å². The smallest absolute Gasteiger partial charge is 0.232 e. The van der Waals surface area contributed by atoms with E-state index in [9.17, 15) is 17.2 Å². The van der Waals surface area contributed by atoms with E-state index in [-0.39, 0.29) is 11.3 Å². The molecule has 1 aromatic carbocycles. The van der Waals surface area contributed by atoms with E-state index in [4.69, 9.17) is 0 Å². The Morgan fingerprint density at radius 3 is 2.62 bits per heavy atom. The average Bonchev–Trinajstić information content (AvgIpc) is 2.47. The standard InChI is InChI=1S/C14H20F2N2O2S/c1-10-2-3-12(15)14(13(10)16)18-21(19,20)9-6-11-4-7-17-8-5-11/h2-3,11,17-18H,4-9H2,1H3. The van der Waals surface area contributed by atoms with Crippen LogP contribution >= 0.6 is 0 Å². The van der Waals surface area contributed by atoms with Gasteiger partial charge in [0.05, 0.1) is 5.75 Å². The van der Waals surface area contributed by atoms with Gasteiger partial charge in [0.15, 0.2) is 5.82 Å². The van der Waals surface area contributed by atoms with Gasteiger partial charge in [0.25, 0.3) is 0 Å². The average molecular weight is 318 g/mol. The second kappa shape index (κ2) is 6.70. The molecule has 1 saturated heterocycles. The zero-order chi connectivity index (χ0) is 15.5. The van der Waals surface area contributed by atoms with Gasteiger partial charge in [0, 0.05) is 0 Å². The van der Waals surface area contributed by atoms with Crippen LogP contribution in [0.1, 0.15) is 24.8 Å². The monoisotopic (exact) mass is 318 g/mol. The molecule has 118 valence electrons. The van der Waals surface area contributed by atoms with Gasteiger partial charge in [-0.1, -0.05) is 6.07 Å². The lowest BCUT2D eigenvalue weighted by Gasteiger charge is -2.22. The summed E-state index contributed by atoms with van der Waals surface area (Å²) in [5.74, 6) is -1.54. The molecule has 1 aliphatic heterocycles. The number of sulfonamides is 1. The highest BCUT2D eigenvalue weighted by Crippen LogP contribution is 2.24. The van der Waals surface area contributed by atoms with Gasteiger partial charge in [0.2, 0.25) is 10.0 Å². The number of benzene rings is 1. The summed E-state index contributed by atoms with van der Waals surface area (Å²) in [6.45, 7) is 3.24. The fourth-order valence-electron chi connectivity index (χ4n) is 2.45. The van der Waals surface area contributed by atoms with Crippen molar-refractivity contribution < 1.29 is 17.2 Å². The van der Waals surface area contributed by atoms with Crippen molar-refractivity contribution in [2.45, 2.75) is 26.2 Å². The van der Waals surface area contributed by atoms with Gasteiger partial charge < -0.3 is 5.32 Å². The maximum Gasteiger partial charge on any atom is 0.232 e. The zero-order valence-electron chi connectivity index (χ0n) is 12.0. The number of piperidine rings is 1. The Morgan fingerprint density at radius 1 is 1.29 bits per heavy atom. The first-order chi connectivity index (χ1) is 9.89. The highest BCUT2D eigenvalue weighted by Gasteiger charge is 2.21. The first kappa shape index (κ1) is 16.2. The van der Waals surface area contributed by atoms with Gasteiger partial charge in [-0.05, 0) is 56.8 Å². The molecule has 0 aromatic heterocycles. The SMILES string of the molecule is Cc1ccc(F)c(NS(=O)(=O)CCC2CCNCC2)c1F. The van der Waals surface area contributed by atoms with E-state index >= 15 is 0 Å². The van der Waals surface area contributed by atoms with E-state index in [1.54, 1.807) is 0 Å². The van der Waals surface area contributed by atoms with Crippen LogP contribution < -0.4 is 10.0 Å². The molecule has 4 nitrogen and oxygen atoms in total. The van der Waals surface area contributed by atoms with Crippen molar-refractivity contribution in [3.05, 3.63) is 29.3 Å². The van der Waals surface area contributed by atoms with Crippen LogP contribution in [0.4, 0.5) is 14.5 Å². The molecule has 0 saturated carbocycles. The van der Waals surface area contributed by atoms with Crippen molar-refractivity contribution in [3.8, 4) is 0 Å². The molecule has 1 aliphatic rings. The lowest BCUT2D eigenvalue weighted by atomic mass is 9.96. The summed E-state index contributed by atoms with van der Waals surface area (Å²) < 4.78 is 53.4. The van der Waals surface area contributed by atoms with Crippen LogP contribution in [0.25, 0.3) is 0 Å². The number of nitrogens with one attached hydrogen (secondary N) is 2. The maximum atomic E-state index is 13.8. The molecule has 2 N–H and O–H groups in total. The molecule has 2 rings (SSSR count). The van der Waals surface area contributed by atoms with Gasteiger partial charge >= 0.3 is 0 Å². The highest BCUT2D eigenvalue weighted by atomic mass is 32.2. The third-order valence-corrected chi connectivity index (χ3v) is 5.08. The molecule has 0 aliphatic carbocycles. The van der Waals surface area contributed by atoms with Gasteiger partial charge in [-0.15, -0.1) is 0 Å². The number of hydrogen-bond donors (Lipinski definition) is 2. The predicted molar refractivity (Wildman–Crippen MR) is 78.7 cm³/mol. The summed E-state index contributed by atoms with van der Waals surface area (Å²) in [4.78, 5) is 0. The van der Waals surface area contributed by atoms with E-state index in [1.807, 2.05) is 4.72 Å². The summed E-state index contributed by atoms with van der Waals surface area (Å²) in [5.41, 5.74) is -0.382. The molecule has 0 spiro atoms. The molecule has 0 bridgehead atoms. The molecule has 21 heavy (non-hydrogen) atoms. The van der Waals surface area contributed by atoms with Gasteiger partial charge in [-0.3, -0.25) is 4.72 Å². The minimum atomic E-state index is -3.75. The van der Waals surface area contributed by atoms with Crippen molar-refractivity contribution >= 4 is 15.7 Å². The van der Waals surface area contributed by atoms with Crippen molar-refractivity contribution in [2.24, 2.45) is 5.92 Å². The number of anilines is 1. The summed E-state index contributed by atoms with van der Waals surface area (Å²) in [6, 6.07) is 2.33. The van der Waals surface area contributed by atoms with Crippen LogP contribution in [0, 0.1) is 24.5 Å². The second-order valence-electron chi connectivity index (χ2n) is 5.46. The molecular formula is C14H20F2N2O2S. The van der Waals surface area contributed by atoms with Crippen molar-refractivity contribution in [1.82, 2.24) is 5.32 Å². The maximum absolute atomic E-state index is 13.8. The number of hydrogen-bond acceptors (Lipinski definition) is 3. The lowest BCUT2D eigenvalue weighted by Crippen LogP contribution is -2.29. The largest absolute Gasteiger partial charge is 0.317 e. The summed E-state index contributed by atoms with van der Waals surface area (Å²) in [6.07, 6.45) is 2.37. The van der Waals surface area contributed by atoms with Crippen LogP contribution in [0.2, 0.25) is 0 Å². The first-order valence-corrected chi connectivity index (χ1v) is 8.70. The molecule has 1 heterocycles. The third kappa shape index (κ3) is 4.38. The molecule has 1 aromatic rings. The fraction of sp³-hybridized carbons (Fsp3) is 0.571. The third-order valence-electron chi connectivity index (χ3n) is 3.80. The Balaban J connectivity index is 2.02. The van der Waals surface area contributed by atoms with Crippen molar-refractivity contribution in [3.63, 3.8) is 0 Å². The molecule has 0 radical (unpaired) electrons. The van der Waals surface area contributed by atoms with Crippen LogP contribution in [0.5, 0.6) is 0 Å². The van der Waals surface area contributed by atoms with Gasteiger partial charge in [-0.2, -0.15) is 0 Å². The van der Waals surface area contributed by atoms with Gasteiger partial charge in [0.1, 0.15) is 11.5 Å². The molecule has 1 fully saturated rings. The minimum absolute atomic E-state index is 0.121. The van der Waals surface area contributed by atoms with E-state index in [1.165, 1.54) is 13.0 Å². The molecular weight excluding hydrogens is 298 g/mol. The van der Waals surface area contributed by atoms with Crippen molar-refractivity contribution in [2.75, 3.05) is 23.6 Å². The normalized spacial score (nSPS) is 16.9. The second-order valence-corrected chi connectivity index (χ2v) is 7.30. The lowest BCUT2D eigenvalue weighted by molar-refractivity contribution is 0.365. The first-order valence-electron chi connectivity index (χ1n) is 7.05. The topological polar surface area (TPSA) is 58.2 Å². The Bertz CT molecular complexity index is 599. The van der Waals surface area contributed by atoms with E-state index in [2.05, 4.69) is 5.32 Å². The van der Waals surface area contributed by atoms with Crippen LogP contribution in [0.15, 0.2) is 12.1 Å². The number of rotatable bonds is 5. The quantitative estimate of drug-likeness (QED) is 0.876. The van der Waals surface area contributed by atoms with Crippen molar-refractivity contribution in [1.29, 1.82) is 0 Å². The van der Waals surface area contributed by atoms with E-state index in [0.717, 1.165) is 32.0 Å². The van der Waals surface area contributed by atoms with Crippen LogP contribution in [-0.4, -0.2) is 27.3 Å². The summed E-state index contributed by atoms with van der Waals surface area (Å²) in [5, 5.41) is 3.21. The molecule has 0 unspecified atom stereocenters. The Morgan fingerprint density at radius 2 is 1.95 bits per heavy atom. The molecule has 0 atom stereocenters. The summed E-state index contributed by atoms with van der Waals surface area (Å²) in [7, 11) is -3.75. The Labute approximate surface area is 124 Å². The summed E-state index contributed by atoms with van der Waals surface area (Å²) >= 11 is 0. The van der Waals surface area contributed by atoms with Crippen LogP contribution in [-0.2, 0) is 10.0 Å². The Kier molecular flexibility index (Phi) is 5.16. The van der Waals surface area contributed by atoms with E-state index in [0.29, 0.717) is 12.3 Å². The molecule has 0 amide bonds. The number of halogens is 2. The highest BCUT2D eigenvalue weighted by molar-refractivity contribution is 7.92. The fourth-order valence-corrected chi connectivity index (χ4v) is 3.69. The predicted octanol–water partition coefficient (Wildman–Crippen LogP) is 2.40. The minimum Gasteiger partial charge on any atom is -0.317 e. The zero-order valence-corrected chi connectivity index (χ0v) is 12.8. The molecule has 7 heteroatoms. The van der Waals surface area contributed by atoms with Crippen LogP contribution in [0.3, 0.4) is 0 Å². The number of aryl methyl sites for hydroxylation is 1. The Hall–Kier alpha value is -1.21.